The monoisotopic (exact) mass is 939 g/mol. The summed E-state index contributed by atoms with van der Waals surface area (Å²) in [6.45, 7) is 24.7. The van der Waals surface area contributed by atoms with Crippen LogP contribution in [0.1, 0.15) is 124 Å². The number of phosphoric acid groups is 1. The highest BCUT2D eigenvalue weighted by Crippen LogP contribution is 2.55. The number of ketones is 1. The molecule has 4 atom stereocenters. The van der Waals surface area contributed by atoms with Crippen LogP contribution in [-0.4, -0.2) is 66.6 Å². The van der Waals surface area contributed by atoms with Crippen LogP contribution in [0.25, 0.3) is 0 Å². The molecular weight excluding hydrogens is 877 g/mol. The van der Waals surface area contributed by atoms with Gasteiger partial charge in [-0.05, 0) is 132 Å². The van der Waals surface area contributed by atoms with Crippen molar-refractivity contribution in [2.45, 2.75) is 143 Å². The van der Waals surface area contributed by atoms with Gasteiger partial charge in [0.25, 0.3) is 0 Å². The van der Waals surface area contributed by atoms with E-state index in [0.29, 0.717) is 52.9 Å². The van der Waals surface area contributed by atoms with E-state index in [4.69, 9.17) is 39.1 Å². The Morgan fingerprint density at radius 1 is 0.952 bits per heavy atom. The molecule has 0 saturated heterocycles. The fourth-order valence-electron chi connectivity index (χ4n) is 7.43. The number of esters is 1. The van der Waals surface area contributed by atoms with E-state index in [0.717, 1.165) is 22.4 Å². The Bertz CT molecular complexity index is 2300. The molecule has 0 bridgehead atoms. The zero-order valence-corrected chi connectivity index (χ0v) is 42.1. The number of halogens is 1. The van der Waals surface area contributed by atoms with Gasteiger partial charge in [-0.15, -0.1) is 11.3 Å². The number of phosphoric ester groups is 1. The fraction of sp³-hybridized carbons (Fsp3) is 0.532. The van der Waals surface area contributed by atoms with Gasteiger partial charge in [0.05, 0.1) is 34.7 Å². The van der Waals surface area contributed by atoms with Gasteiger partial charge in [0.1, 0.15) is 30.1 Å². The zero-order chi connectivity index (χ0) is 46.1. The van der Waals surface area contributed by atoms with Gasteiger partial charge < -0.3 is 23.7 Å². The Hall–Kier alpha value is -3.46. The second-order valence-corrected chi connectivity index (χ2v) is 28.0. The summed E-state index contributed by atoms with van der Waals surface area (Å²) < 4.78 is 50.2. The molecule has 1 saturated carbocycles. The van der Waals surface area contributed by atoms with Crippen LogP contribution in [-0.2, 0) is 45.1 Å². The fourth-order valence-corrected chi connectivity index (χ4v) is 11.5. The number of ether oxygens (including phenoxy) is 2. The van der Waals surface area contributed by atoms with E-state index in [-0.39, 0.29) is 41.1 Å². The summed E-state index contributed by atoms with van der Waals surface area (Å²) in [5, 5.41) is 4.16. The lowest BCUT2D eigenvalue weighted by atomic mass is 9.93. The number of hydrogen-bond acceptors (Lipinski definition) is 13. The highest BCUT2D eigenvalue weighted by atomic mass is 35.5. The standard InChI is InChI=1S/C47H63ClN3O9PSSi/c1-29-36(43-37-23-33(48)16-15-31(37)19-20-55-43)25-40(62-29)42(53)38-26-49-28-50-44(38)51-34-22-32(27-56-63(11,12)47(8,9)10)39(24-34)57-41(52)21-30-13-17-35(18-14-30)58-61(54,59-45(2,3)4)60-46(5,6)7/h13-18,23,25-26,28,32,34,39,43H,19-22,24,27H2,1-12H3,(H,49,50,51)/t32-,34-,39+,43+/m1/s1. The molecule has 0 unspecified atom stereocenters. The maximum absolute atomic E-state index is 14.3. The van der Waals surface area contributed by atoms with Crippen LogP contribution in [0.3, 0.4) is 0 Å². The first kappa shape index (κ1) is 49.0. The predicted octanol–water partition coefficient (Wildman–Crippen LogP) is 11.9. The van der Waals surface area contributed by atoms with Crippen LogP contribution in [0.2, 0.25) is 23.2 Å². The largest absolute Gasteiger partial charge is 0.531 e. The third-order valence-electron chi connectivity index (χ3n) is 11.4. The van der Waals surface area contributed by atoms with Gasteiger partial charge in [0.2, 0.25) is 5.78 Å². The summed E-state index contributed by atoms with van der Waals surface area (Å²) in [7, 11) is -6.14. The van der Waals surface area contributed by atoms with Crippen molar-refractivity contribution in [3.63, 3.8) is 0 Å². The molecule has 0 amide bonds. The minimum Gasteiger partial charge on any atom is -0.462 e. The number of hydrogen-bond donors (Lipinski definition) is 1. The smallest absolute Gasteiger partial charge is 0.462 e. The van der Waals surface area contributed by atoms with Gasteiger partial charge in [-0.2, -0.15) is 0 Å². The van der Waals surface area contributed by atoms with Crippen LogP contribution < -0.4 is 9.84 Å². The Morgan fingerprint density at radius 2 is 1.63 bits per heavy atom. The van der Waals surface area contributed by atoms with Crippen LogP contribution in [0, 0.1) is 12.8 Å². The van der Waals surface area contributed by atoms with E-state index in [1.807, 2.05) is 31.2 Å². The number of aromatic nitrogens is 2. The van der Waals surface area contributed by atoms with Gasteiger partial charge >= 0.3 is 13.8 Å². The van der Waals surface area contributed by atoms with Crippen molar-refractivity contribution >= 4 is 56.6 Å². The van der Waals surface area contributed by atoms with E-state index in [1.54, 1.807) is 72.0 Å². The van der Waals surface area contributed by atoms with Crippen molar-refractivity contribution in [1.29, 1.82) is 0 Å². The summed E-state index contributed by atoms with van der Waals surface area (Å²) in [5.41, 5.74) is 2.62. The molecule has 12 nitrogen and oxygen atoms in total. The first-order valence-electron chi connectivity index (χ1n) is 21.5. The summed E-state index contributed by atoms with van der Waals surface area (Å²) >= 11 is 7.82. The average Bonchev–Trinajstić information content (AvgIpc) is 3.74. The minimum absolute atomic E-state index is 0.00738. The number of benzene rings is 2. The second-order valence-electron chi connectivity index (χ2n) is 20.0. The van der Waals surface area contributed by atoms with Crippen LogP contribution in [0.15, 0.2) is 61.1 Å². The Kier molecular flexibility index (Phi) is 14.9. The van der Waals surface area contributed by atoms with Crippen molar-refractivity contribution in [2.24, 2.45) is 5.92 Å². The molecule has 1 fully saturated rings. The van der Waals surface area contributed by atoms with Gasteiger partial charge in [-0.3, -0.25) is 18.6 Å². The maximum Gasteiger partial charge on any atom is 0.531 e. The number of fused-ring (bicyclic) bond motifs is 1. The Morgan fingerprint density at radius 3 is 2.29 bits per heavy atom. The first-order chi connectivity index (χ1) is 29.3. The van der Waals surface area contributed by atoms with Gasteiger partial charge in [0, 0.05) is 41.1 Å². The minimum atomic E-state index is -4.00. The predicted molar refractivity (Wildman–Crippen MR) is 251 cm³/mol. The molecule has 1 aliphatic carbocycles. The molecule has 2 aliphatic rings. The molecule has 342 valence electrons. The molecule has 2 aromatic carbocycles. The van der Waals surface area contributed by atoms with Crippen molar-refractivity contribution in [3.05, 3.63) is 104 Å². The average molecular weight is 941 g/mol. The molecule has 2 aromatic heterocycles. The topological polar surface area (TPSA) is 144 Å². The molecule has 4 aromatic rings. The molecule has 3 heterocycles. The lowest BCUT2D eigenvalue weighted by Gasteiger charge is -2.37. The molecule has 16 heteroatoms. The van der Waals surface area contributed by atoms with E-state index < -0.39 is 39.4 Å². The summed E-state index contributed by atoms with van der Waals surface area (Å²) in [5.74, 6) is 0.0102. The van der Waals surface area contributed by atoms with Crippen LogP contribution in [0.5, 0.6) is 5.75 Å². The van der Waals surface area contributed by atoms with E-state index in [1.165, 1.54) is 23.2 Å². The number of anilines is 1. The maximum atomic E-state index is 14.3. The van der Waals surface area contributed by atoms with E-state index >= 15 is 0 Å². The van der Waals surface area contributed by atoms with E-state index in [2.05, 4.69) is 49.1 Å². The highest BCUT2D eigenvalue weighted by molar-refractivity contribution is 7.49. The summed E-state index contributed by atoms with van der Waals surface area (Å²) in [6, 6.07) is 14.4. The molecule has 0 spiro atoms. The molecule has 6 rings (SSSR count). The molecular formula is C47H63ClN3O9PSSi. The van der Waals surface area contributed by atoms with Crippen molar-refractivity contribution in [2.75, 3.05) is 18.5 Å². The Balaban J connectivity index is 1.16. The number of rotatable bonds is 15. The molecule has 1 aliphatic heterocycles. The molecule has 0 radical (unpaired) electrons. The Labute approximate surface area is 382 Å². The number of nitrogens with zero attached hydrogens (tertiary/aromatic N) is 2. The van der Waals surface area contributed by atoms with E-state index in [9.17, 15) is 14.2 Å². The van der Waals surface area contributed by atoms with Crippen LogP contribution >= 0.6 is 30.8 Å². The third-order valence-corrected chi connectivity index (χ3v) is 19.2. The van der Waals surface area contributed by atoms with Crippen molar-refractivity contribution in [3.8, 4) is 5.75 Å². The van der Waals surface area contributed by atoms with Gasteiger partial charge in [-0.25, -0.2) is 14.5 Å². The van der Waals surface area contributed by atoms with Gasteiger partial charge in [0.15, 0.2) is 8.32 Å². The lowest BCUT2D eigenvalue weighted by molar-refractivity contribution is -0.150. The normalized spacial score (nSPS) is 19.7. The molecule has 1 N–H and O–H groups in total. The van der Waals surface area contributed by atoms with Crippen LogP contribution in [0.4, 0.5) is 5.82 Å². The SMILES string of the molecule is Cc1sc(C(=O)c2cncnc2N[C@@H]2C[C@H](CO[Si](C)(C)C(C)(C)C)[C@@H](OC(=O)Cc3ccc(OP(=O)(OC(C)(C)C)OC(C)(C)C)cc3)C2)cc1[C@@H]1OCCc2ccc(Cl)cc21. The first-order valence-corrected chi connectivity index (χ1v) is 27.1. The number of aryl methyl sites for hydroxylation is 1. The summed E-state index contributed by atoms with van der Waals surface area (Å²) in [6.07, 6.45) is 4.14. The quantitative estimate of drug-likeness (QED) is 0.0524. The lowest BCUT2D eigenvalue weighted by Crippen LogP contribution is -2.42. The number of carbonyl (C=O) groups is 2. The van der Waals surface area contributed by atoms with Gasteiger partial charge in [-0.1, -0.05) is 50.6 Å². The summed E-state index contributed by atoms with van der Waals surface area (Å²) in [4.78, 5) is 38.2. The highest BCUT2D eigenvalue weighted by Gasteiger charge is 2.43. The number of nitrogens with one attached hydrogen (secondary N) is 1. The second kappa shape index (κ2) is 19.2. The zero-order valence-electron chi connectivity index (χ0n) is 38.6. The van der Waals surface area contributed by atoms with Crippen molar-refractivity contribution in [1.82, 2.24) is 9.97 Å². The third kappa shape index (κ3) is 12.9. The number of thiophene rings is 1. The van der Waals surface area contributed by atoms with Crippen molar-refractivity contribution < 1.29 is 41.6 Å². The molecule has 63 heavy (non-hydrogen) atoms. The number of carbonyl (C=O) groups excluding carboxylic acids is 2.